The molecule has 1 N–H and O–H groups in total. The van der Waals surface area contributed by atoms with Crippen molar-refractivity contribution in [2.45, 2.75) is 46.6 Å². The topological polar surface area (TPSA) is 67.9 Å². The normalized spacial score (nSPS) is 17.0. The summed E-state index contributed by atoms with van der Waals surface area (Å²) < 4.78 is 41.0. The Morgan fingerprint density at radius 2 is 1.68 bits per heavy atom. The van der Waals surface area contributed by atoms with E-state index in [1.807, 2.05) is 45.9 Å². The van der Waals surface area contributed by atoms with Crippen LogP contribution in [-0.4, -0.2) is 39.0 Å². The predicted octanol–water partition coefficient (Wildman–Crippen LogP) is 3.11. The third-order valence-electron chi connectivity index (χ3n) is 4.27. The molecule has 1 heterocycles. The molecule has 1 aromatic carbocycles. The van der Waals surface area contributed by atoms with Crippen LogP contribution in [0.25, 0.3) is 0 Å². The fourth-order valence-corrected chi connectivity index (χ4v) is 4.63. The third-order valence-corrected chi connectivity index (χ3v) is 5.87. The molecule has 1 aromatic rings. The monoisotopic (exact) mass is 370 g/mol. The Morgan fingerprint density at radius 1 is 1.08 bits per heavy atom. The highest BCUT2D eigenvalue weighted by atomic mass is 32.2. The van der Waals surface area contributed by atoms with Crippen LogP contribution in [0, 0.1) is 5.92 Å². The zero-order valence-corrected chi connectivity index (χ0v) is 16.4. The first-order chi connectivity index (χ1) is 11.9. The maximum Gasteiger partial charge on any atom is 0.280 e. The van der Waals surface area contributed by atoms with E-state index in [2.05, 4.69) is 4.72 Å². The molecular weight excluding hydrogens is 340 g/mol. The zero-order chi connectivity index (χ0) is 18.4. The quantitative estimate of drug-likeness (QED) is 0.725. The van der Waals surface area contributed by atoms with Crippen molar-refractivity contribution in [3.8, 4) is 11.5 Å². The molecule has 1 aliphatic rings. The van der Waals surface area contributed by atoms with E-state index in [1.165, 1.54) is 4.31 Å². The van der Waals surface area contributed by atoms with Gasteiger partial charge in [0.2, 0.25) is 0 Å². The highest BCUT2D eigenvalue weighted by Gasteiger charge is 2.30. The van der Waals surface area contributed by atoms with Crippen LogP contribution in [0.5, 0.6) is 11.5 Å². The van der Waals surface area contributed by atoms with E-state index in [0.29, 0.717) is 37.8 Å². The van der Waals surface area contributed by atoms with Crippen molar-refractivity contribution in [3.05, 3.63) is 23.8 Å². The lowest BCUT2D eigenvalue weighted by Crippen LogP contribution is -2.42. The van der Waals surface area contributed by atoms with Gasteiger partial charge in [-0.1, -0.05) is 19.9 Å². The fourth-order valence-electron chi connectivity index (χ4n) is 3.01. The summed E-state index contributed by atoms with van der Waals surface area (Å²) in [5, 5.41) is 0. The van der Waals surface area contributed by atoms with E-state index >= 15 is 0 Å². The second-order valence-corrected chi connectivity index (χ2v) is 8.23. The number of ether oxygens (including phenoxy) is 2. The Kier molecular flexibility index (Phi) is 7.10. The van der Waals surface area contributed by atoms with E-state index in [-0.39, 0.29) is 12.0 Å². The second kappa shape index (κ2) is 8.87. The Bertz CT molecular complexity index is 655. The van der Waals surface area contributed by atoms with Crippen LogP contribution in [0.4, 0.5) is 0 Å². The lowest BCUT2D eigenvalue weighted by Gasteiger charge is -2.26. The number of nitrogens with zero attached hydrogens (tertiary/aromatic N) is 1. The molecule has 0 amide bonds. The molecule has 1 fully saturated rings. The van der Waals surface area contributed by atoms with E-state index < -0.39 is 10.2 Å². The van der Waals surface area contributed by atoms with Gasteiger partial charge in [0.05, 0.1) is 19.3 Å². The highest BCUT2D eigenvalue weighted by Crippen LogP contribution is 2.33. The Morgan fingerprint density at radius 3 is 2.24 bits per heavy atom. The van der Waals surface area contributed by atoms with Gasteiger partial charge in [-0.2, -0.15) is 17.4 Å². The highest BCUT2D eigenvalue weighted by molar-refractivity contribution is 7.87. The van der Waals surface area contributed by atoms with E-state index in [4.69, 9.17) is 9.47 Å². The summed E-state index contributed by atoms with van der Waals surface area (Å²) in [6.07, 6.45) is 1.84. The maximum absolute atomic E-state index is 12.7. The van der Waals surface area contributed by atoms with Crippen molar-refractivity contribution in [2.75, 3.05) is 26.3 Å². The summed E-state index contributed by atoms with van der Waals surface area (Å²) in [5.41, 5.74) is 0.879. The minimum atomic E-state index is -3.49. The summed E-state index contributed by atoms with van der Waals surface area (Å²) in [4.78, 5) is 0. The van der Waals surface area contributed by atoms with Gasteiger partial charge in [0.15, 0.2) is 11.5 Å². The molecular formula is C18H30N2O4S. The first kappa shape index (κ1) is 20.0. The van der Waals surface area contributed by atoms with E-state index in [1.54, 1.807) is 0 Å². The average molecular weight is 371 g/mol. The number of rotatable bonds is 9. The van der Waals surface area contributed by atoms with Gasteiger partial charge in [0, 0.05) is 13.1 Å². The van der Waals surface area contributed by atoms with Crippen molar-refractivity contribution >= 4 is 10.2 Å². The van der Waals surface area contributed by atoms with Gasteiger partial charge >= 0.3 is 0 Å². The molecule has 1 unspecified atom stereocenters. The van der Waals surface area contributed by atoms with Crippen molar-refractivity contribution in [1.82, 2.24) is 9.03 Å². The summed E-state index contributed by atoms with van der Waals surface area (Å²) in [6.45, 7) is 10.1. The van der Waals surface area contributed by atoms with Gasteiger partial charge in [-0.15, -0.1) is 0 Å². The lowest BCUT2D eigenvalue weighted by atomic mass is 9.97. The summed E-state index contributed by atoms with van der Waals surface area (Å²) >= 11 is 0. The SMILES string of the molecule is CCOc1ccc(C(NS(=O)(=O)N2CCCC2)C(C)C)cc1OCC. The molecule has 0 bridgehead atoms. The van der Waals surface area contributed by atoms with Gasteiger partial charge in [0.25, 0.3) is 10.2 Å². The van der Waals surface area contributed by atoms with E-state index in [0.717, 1.165) is 18.4 Å². The van der Waals surface area contributed by atoms with Crippen molar-refractivity contribution in [2.24, 2.45) is 5.92 Å². The molecule has 0 aromatic heterocycles. The molecule has 1 atom stereocenters. The number of benzene rings is 1. The Balaban J connectivity index is 2.28. The summed E-state index contributed by atoms with van der Waals surface area (Å²) in [7, 11) is -3.49. The number of hydrogen-bond acceptors (Lipinski definition) is 4. The molecule has 6 nitrogen and oxygen atoms in total. The van der Waals surface area contributed by atoms with Crippen molar-refractivity contribution < 1.29 is 17.9 Å². The average Bonchev–Trinajstić information content (AvgIpc) is 3.10. The molecule has 0 radical (unpaired) electrons. The molecule has 0 spiro atoms. The van der Waals surface area contributed by atoms with E-state index in [9.17, 15) is 8.42 Å². The van der Waals surface area contributed by atoms with Gasteiger partial charge < -0.3 is 9.47 Å². The van der Waals surface area contributed by atoms with Crippen LogP contribution < -0.4 is 14.2 Å². The van der Waals surface area contributed by atoms with Gasteiger partial charge in [-0.05, 0) is 50.3 Å². The van der Waals surface area contributed by atoms with Crippen LogP contribution in [0.1, 0.15) is 52.1 Å². The van der Waals surface area contributed by atoms with Gasteiger partial charge in [-0.3, -0.25) is 0 Å². The van der Waals surface area contributed by atoms with Crippen LogP contribution in [0.15, 0.2) is 18.2 Å². The Hall–Kier alpha value is -1.31. The molecule has 1 aliphatic heterocycles. The molecule has 142 valence electrons. The lowest BCUT2D eigenvalue weighted by molar-refractivity contribution is 0.287. The molecule has 0 aliphatic carbocycles. The summed E-state index contributed by atoms with van der Waals surface area (Å²) in [5.74, 6) is 1.43. The molecule has 25 heavy (non-hydrogen) atoms. The minimum Gasteiger partial charge on any atom is -0.490 e. The molecule has 1 saturated heterocycles. The largest absolute Gasteiger partial charge is 0.490 e. The first-order valence-electron chi connectivity index (χ1n) is 9.06. The first-order valence-corrected chi connectivity index (χ1v) is 10.5. The smallest absolute Gasteiger partial charge is 0.280 e. The molecule has 2 rings (SSSR count). The van der Waals surface area contributed by atoms with Gasteiger partial charge in [-0.25, -0.2) is 0 Å². The standard InChI is InChI=1S/C18H30N2O4S/c1-5-23-16-10-9-15(13-17(16)24-6-2)18(14(3)4)19-25(21,22)20-11-7-8-12-20/h9-10,13-14,18-19H,5-8,11-12H2,1-4H3. The number of nitrogens with one attached hydrogen (secondary N) is 1. The van der Waals surface area contributed by atoms with Crippen LogP contribution in [-0.2, 0) is 10.2 Å². The molecule has 7 heteroatoms. The fraction of sp³-hybridized carbons (Fsp3) is 0.667. The van der Waals surface area contributed by atoms with Crippen molar-refractivity contribution in [1.29, 1.82) is 0 Å². The minimum absolute atomic E-state index is 0.102. The Labute approximate surface area is 151 Å². The van der Waals surface area contributed by atoms with Crippen LogP contribution >= 0.6 is 0 Å². The third kappa shape index (κ3) is 5.09. The van der Waals surface area contributed by atoms with Crippen LogP contribution in [0.2, 0.25) is 0 Å². The van der Waals surface area contributed by atoms with Crippen LogP contribution in [0.3, 0.4) is 0 Å². The molecule has 0 saturated carbocycles. The predicted molar refractivity (Wildman–Crippen MR) is 99.2 cm³/mol. The number of hydrogen-bond donors (Lipinski definition) is 1. The second-order valence-electron chi connectivity index (χ2n) is 6.52. The summed E-state index contributed by atoms with van der Waals surface area (Å²) in [6, 6.07) is 5.32. The zero-order valence-electron chi connectivity index (χ0n) is 15.6. The van der Waals surface area contributed by atoms with Gasteiger partial charge in [0.1, 0.15) is 0 Å². The van der Waals surface area contributed by atoms with Crippen molar-refractivity contribution in [3.63, 3.8) is 0 Å². The maximum atomic E-state index is 12.7.